The first-order valence-corrected chi connectivity index (χ1v) is 9.21. The van der Waals surface area contributed by atoms with E-state index in [4.69, 9.17) is 16.3 Å². The number of aliphatic hydroxyl groups is 2. The first-order valence-electron chi connectivity index (χ1n) is 8.83. The molecule has 2 rings (SSSR count). The molecule has 136 valence electrons. The minimum Gasteiger partial charge on any atom is -0.494 e. The quantitative estimate of drug-likeness (QED) is 0.695. The normalized spacial score (nSPS) is 13.5. The van der Waals surface area contributed by atoms with E-state index in [9.17, 15) is 10.2 Å². The molecule has 0 bridgehead atoms. The number of aliphatic hydroxyl groups excluding tert-OH is 2. The van der Waals surface area contributed by atoms with Crippen molar-refractivity contribution in [1.82, 2.24) is 0 Å². The summed E-state index contributed by atoms with van der Waals surface area (Å²) in [7, 11) is 0. The molecule has 0 aliphatic heterocycles. The van der Waals surface area contributed by atoms with Crippen LogP contribution in [0.4, 0.5) is 0 Å². The molecule has 0 radical (unpaired) electrons. The van der Waals surface area contributed by atoms with Crippen molar-refractivity contribution in [2.24, 2.45) is 0 Å². The van der Waals surface area contributed by atoms with E-state index >= 15 is 0 Å². The summed E-state index contributed by atoms with van der Waals surface area (Å²) < 4.78 is 5.47. The van der Waals surface area contributed by atoms with Crippen molar-refractivity contribution in [2.45, 2.75) is 51.7 Å². The summed E-state index contributed by atoms with van der Waals surface area (Å²) in [6.45, 7) is 4.36. The zero-order valence-electron chi connectivity index (χ0n) is 14.9. The van der Waals surface area contributed by atoms with Gasteiger partial charge in [-0.1, -0.05) is 35.9 Å². The molecule has 4 heteroatoms. The zero-order chi connectivity index (χ0) is 18.2. The number of hydrogen-bond donors (Lipinski definition) is 2. The summed E-state index contributed by atoms with van der Waals surface area (Å²) in [5, 5.41) is 20.2. The molecule has 0 amide bonds. The molecule has 2 aromatic rings. The van der Waals surface area contributed by atoms with Crippen molar-refractivity contribution in [1.29, 1.82) is 0 Å². The van der Waals surface area contributed by atoms with Gasteiger partial charge < -0.3 is 14.9 Å². The smallest absolute Gasteiger partial charge is 0.119 e. The molecular weight excluding hydrogens is 336 g/mol. The SMILES string of the molecule is CCOc1ccc(Cc2cc(C[C@H](O)CC[C@@H](C)O)ccc2Cl)cc1. The molecule has 0 aliphatic carbocycles. The maximum atomic E-state index is 10.1. The van der Waals surface area contributed by atoms with Crippen LogP contribution in [-0.4, -0.2) is 29.0 Å². The van der Waals surface area contributed by atoms with Crippen LogP contribution in [0, 0.1) is 0 Å². The van der Waals surface area contributed by atoms with Gasteiger partial charge >= 0.3 is 0 Å². The van der Waals surface area contributed by atoms with Gasteiger partial charge in [-0.15, -0.1) is 0 Å². The van der Waals surface area contributed by atoms with E-state index in [1.807, 2.05) is 43.3 Å². The largest absolute Gasteiger partial charge is 0.494 e. The highest BCUT2D eigenvalue weighted by Crippen LogP contribution is 2.23. The van der Waals surface area contributed by atoms with Crippen molar-refractivity contribution in [3.05, 3.63) is 64.2 Å². The molecule has 2 aromatic carbocycles. The maximum absolute atomic E-state index is 10.1. The summed E-state index contributed by atoms with van der Waals surface area (Å²) in [4.78, 5) is 0. The summed E-state index contributed by atoms with van der Waals surface area (Å²) in [6.07, 6.45) is 1.68. The highest BCUT2D eigenvalue weighted by Gasteiger charge is 2.10. The van der Waals surface area contributed by atoms with Crippen LogP contribution < -0.4 is 4.74 Å². The first kappa shape index (κ1) is 19.8. The van der Waals surface area contributed by atoms with Crippen LogP contribution in [0.15, 0.2) is 42.5 Å². The van der Waals surface area contributed by atoms with E-state index in [-0.39, 0.29) is 6.10 Å². The molecule has 0 heterocycles. The monoisotopic (exact) mass is 362 g/mol. The van der Waals surface area contributed by atoms with Gasteiger partial charge in [-0.25, -0.2) is 0 Å². The Labute approximate surface area is 155 Å². The Morgan fingerprint density at radius 1 is 1.00 bits per heavy atom. The van der Waals surface area contributed by atoms with E-state index < -0.39 is 6.10 Å². The molecular formula is C21H27ClO3. The Morgan fingerprint density at radius 3 is 2.32 bits per heavy atom. The van der Waals surface area contributed by atoms with Gasteiger partial charge in [0.05, 0.1) is 18.8 Å². The van der Waals surface area contributed by atoms with Crippen LogP contribution in [0.25, 0.3) is 0 Å². The molecule has 0 aromatic heterocycles. The molecule has 0 fully saturated rings. The van der Waals surface area contributed by atoms with Gasteiger partial charge in [-0.05, 0) is 74.4 Å². The maximum Gasteiger partial charge on any atom is 0.119 e. The summed E-state index contributed by atoms with van der Waals surface area (Å²) >= 11 is 6.35. The van der Waals surface area contributed by atoms with Crippen LogP contribution in [0.1, 0.15) is 43.4 Å². The van der Waals surface area contributed by atoms with E-state index in [1.165, 1.54) is 0 Å². The molecule has 0 saturated heterocycles. The molecule has 3 nitrogen and oxygen atoms in total. The van der Waals surface area contributed by atoms with Gasteiger partial charge in [0.15, 0.2) is 0 Å². The average Bonchev–Trinajstić information content (AvgIpc) is 2.58. The average molecular weight is 363 g/mol. The van der Waals surface area contributed by atoms with Gasteiger partial charge in [-0.3, -0.25) is 0 Å². The summed E-state index contributed by atoms with van der Waals surface area (Å²) in [5.74, 6) is 0.868. The van der Waals surface area contributed by atoms with Crippen molar-refractivity contribution in [2.75, 3.05) is 6.61 Å². The Kier molecular flexibility index (Phi) is 7.76. The first-order chi connectivity index (χ1) is 12.0. The molecule has 0 spiro atoms. The van der Waals surface area contributed by atoms with Gasteiger partial charge in [0.1, 0.15) is 5.75 Å². The third-order valence-electron chi connectivity index (χ3n) is 4.13. The molecule has 2 N–H and O–H groups in total. The van der Waals surface area contributed by atoms with E-state index in [0.29, 0.717) is 25.9 Å². The predicted octanol–water partition coefficient (Wildman–Crippen LogP) is 4.39. The highest BCUT2D eigenvalue weighted by molar-refractivity contribution is 6.31. The number of rotatable bonds is 9. The van der Waals surface area contributed by atoms with Crippen molar-refractivity contribution in [3.8, 4) is 5.75 Å². The topological polar surface area (TPSA) is 49.7 Å². The Bertz CT molecular complexity index is 653. The summed E-state index contributed by atoms with van der Waals surface area (Å²) in [6, 6.07) is 13.9. The lowest BCUT2D eigenvalue weighted by Gasteiger charge is -2.13. The Balaban J connectivity index is 2.02. The predicted molar refractivity (Wildman–Crippen MR) is 102 cm³/mol. The van der Waals surface area contributed by atoms with Crippen LogP contribution in [-0.2, 0) is 12.8 Å². The van der Waals surface area contributed by atoms with Gasteiger partial charge in [0.2, 0.25) is 0 Å². The lowest BCUT2D eigenvalue weighted by Crippen LogP contribution is -2.13. The van der Waals surface area contributed by atoms with Crippen LogP contribution in [0.5, 0.6) is 5.75 Å². The Hall–Kier alpha value is -1.55. The molecule has 0 saturated carbocycles. The highest BCUT2D eigenvalue weighted by atomic mass is 35.5. The lowest BCUT2D eigenvalue weighted by molar-refractivity contribution is 0.123. The van der Waals surface area contributed by atoms with Crippen molar-refractivity contribution in [3.63, 3.8) is 0 Å². The number of halogens is 1. The van der Waals surface area contributed by atoms with Crippen LogP contribution in [0.3, 0.4) is 0 Å². The van der Waals surface area contributed by atoms with Crippen LogP contribution in [0.2, 0.25) is 5.02 Å². The number of hydrogen-bond acceptors (Lipinski definition) is 3. The second-order valence-electron chi connectivity index (χ2n) is 6.46. The molecule has 0 aliphatic rings. The molecule has 25 heavy (non-hydrogen) atoms. The molecule has 2 atom stereocenters. The van der Waals surface area contributed by atoms with Gasteiger partial charge in [0.25, 0.3) is 0 Å². The third-order valence-corrected chi connectivity index (χ3v) is 4.50. The molecule has 0 unspecified atom stereocenters. The van der Waals surface area contributed by atoms with Gasteiger partial charge in [-0.2, -0.15) is 0 Å². The van der Waals surface area contributed by atoms with Gasteiger partial charge in [0, 0.05) is 5.02 Å². The minimum absolute atomic E-state index is 0.380. The lowest BCUT2D eigenvalue weighted by atomic mass is 9.98. The van der Waals surface area contributed by atoms with E-state index in [1.54, 1.807) is 6.92 Å². The summed E-state index contributed by atoms with van der Waals surface area (Å²) in [5.41, 5.74) is 3.27. The second kappa shape index (κ2) is 9.81. The second-order valence-corrected chi connectivity index (χ2v) is 6.87. The van der Waals surface area contributed by atoms with E-state index in [0.717, 1.165) is 33.9 Å². The zero-order valence-corrected chi connectivity index (χ0v) is 15.7. The fourth-order valence-corrected chi connectivity index (χ4v) is 2.97. The third kappa shape index (κ3) is 6.69. The fraction of sp³-hybridized carbons (Fsp3) is 0.429. The van der Waals surface area contributed by atoms with Crippen molar-refractivity contribution < 1.29 is 14.9 Å². The number of ether oxygens (including phenoxy) is 1. The van der Waals surface area contributed by atoms with E-state index in [2.05, 4.69) is 6.07 Å². The minimum atomic E-state index is -0.450. The number of benzene rings is 2. The Morgan fingerprint density at radius 2 is 1.68 bits per heavy atom. The van der Waals surface area contributed by atoms with Crippen molar-refractivity contribution >= 4 is 11.6 Å². The van der Waals surface area contributed by atoms with Crippen LogP contribution >= 0.6 is 11.6 Å². The fourth-order valence-electron chi connectivity index (χ4n) is 2.79. The standard InChI is InChI=1S/C21H27ClO3/c1-3-25-20-9-5-16(6-10-20)12-18-13-17(7-11-21(18)22)14-19(24)8-4-15(2)23/h5-7,9-11,13,15,19,23-24H,3-4,8,12,14H2,1-2H3/t15-,19-/m1/s1.